The fourth-order valence-corrected chi connectivity index (χ4v) is 1.83. The van der Waals surface area contributed by atoms with Crippen LogP contribution in [0.1, 0.15) is 6.42 Å². The quantitative estimate of drug-likeness (QED) is 0.631. The van der Waals surface area contributed by atoms with Crippen molar-refractivity contribution in [2.45, 2.75) is 6.42 Å². The van der Waals surface area contributed by atoms with E-state index >= 15 is 0 Å². The second kappa shape index (κ2) is 4.59. The van der Waals surface area contributed by atoms with E-state index in [0.29, 0.717) is 24.4 Å². The van der Waals surface area contributed by atoms with Crippen LogP contribution in [0.4, 0.5) is 5.82 Å². The molecule has 9 nitrogen and oxygen atoms in total. The molecule has 0 aliphatic carbocycles. The van der Waals surface area contributed by atoms with E-state index in [1.165, 1.54) is 10.7 Å². The van der Waals surface area contributed by atoms with E-state index < -0.39 is 10.0 Å². The fourth-order valence-electron chi connectivity index (χ4n) is 1.29. The third kappa shape index (κ3) is 3.07. The first-order valence-electron chi connectivity index (χ1n) is 4.83. The van der Waals surface area contributed by atoms with Gasteiger partial charge in [0.15, 0.2) is 5.65 Å². The third-order valence-corrected chi connectivity index (χ3v) is 2.88. The Bertz CT molecular complexity index is 607. The molecule has 0 saturated heterocycles. The standard InChI is InChI=1S/C7H11N7O2S/c8-17(15,16)3-1-2-10-6-4-9-5-7-11-12-13-14(6)7/h4-5,10H,1-3H2,(H2,8,15,16). The van der Waals surface area contributed by atoms with Gasteiger partial charge in [0.2, 0.25) is 10.0 Å². The van der Waals surface area contributed by atoms with Gasteiger partial charge in [-0.15, -0.1) is 5.10 Å². The number of hydrogen-bond acceptors (Lipinski definition) is 7. The minimum absolute atomic E-state index is 0.0704. The zero-order valence-electron chi connectivity index (χ0n) is 8.81. The maximum absolute atomic E-state index is 10.7. The van der Waals surface area contributed by atoms with Gasteiger partial charge in [-0.1, -0.05) is 0 Å². The molecule has 0 radical (unpaired) electrons. The number of nitrogens with one attached hydrogen (secondary N) is 1. The van der Waals surface area contributed by atoms with Crippen molar-refractivity contribution in [2.24, 2.45) is 5.14 Å². The molecule has 2 aromatic heterocycles. The first-order chi connectivity index (χ1) is 8.06. The Morgan fingerprint density at radius 2 is 2.24 bits per heavy atom. The highest BCUT2D eigenvalue weighted by atomic mass is 32.2. The minimum Gasteiger partial charge on any atom is -0.369 e. The molecular weight excluding hydrogens is 246 g/mol. The summed E-state index contributed by atoms with van der Waals surface area (Å²) in [6.45, 7) is 0.442. The number of aromatic nitrogens is 5. The summed E-state index contributed by atoms with van der Waals surface area (Å²) in [6, 6.07) is 0. The number of nitrogens with zero attached hydrogens (tertiary/aromatic N) is 5. The van der Waals surface area contributed by atoms with Crippen molar-refractivity contribution in [3.63, 3.8) is 0 Å². The third-order valence-electron chi connectivity index (χ3n) is 2.02. The highest BCUT2D eigenvalue weighted by Crippen LogP contribution is 2.05. The van der Waals surface area contributed by atoms with Gasteiger partial charge in [0.1, 0.15) is 5.82 Å². The molecule has 0 aliphatic rings. The average molecular weight is 257 g/mol. The van der Waals surface area contributed by atoms with E-state index in [4.69, 9.17) is 5.14 Å². The van der Waals surface area contributed by atoms with Gasteiger partial charge < -0.3 is 5.32 Å². The van der Waals surface area contributed by atoms with Gasteiger partial charge in [-0.05, 0) is 16.8 Å². The first kappa shape index (κ1) is 11.7. The van der Waals surface area contributed by atoms with Gasteiger partial charge in [0.25, 0.3) is 0 Å². The molecule has 0 amide bonds. The first-order valence-corrected chi connectivity index (χ1v) is 6.54. The van der Waals surface area contributed by atoms with Crippen molar-refractivity contribution in [3.05, 3.63) is 12.4 Å². The Labute approximate surface area is 97.1 Å². The number of primary sulfonamides is 1. The van der Waals surface area contributed by atoms with E-state index in [9.17, 15) is 8.42 Å². The maximum Gasteiger partial charge on any atom is 0.209 e. The second-order valence-electron chi connectivity index (χ2n) is 3.39. The number of rotatable bonds is 5. The van der Waals surface area contributed by atoms with Crippen molar-refractivity contribution >= 4 is 21.5 Å². The maximum atomic E-state index is 10.7. The summed E-state index contributed by atoms with van der Waals surface area (Å²) in [6.07, 6.45) is 3.48. The molecule has 0 fully saturated rings. The van der Waals surface area contributed by atoms with Gasteiger partial charge >= 0.3 is 0 Å². The van der Waals surface area contributed by atoms with Crippen molar-refractivity contribution in [1.82, 2.24) is 25.0 Å². The summed E-state index contributed by atoms with van der Waals surface area (Å²) in [5.41, 5.74) is 0.515. The lowest BCUT2D eigenvalue weighted by Crippen LogP contribution is -2.19. The van der Waals surface area contributed by atoms with Gasteiger partial charge in [-0.3, -0.25) is 4.98 Å². The summed E-state index contributed by atoms with van der Waals surface area (Å²) in [5.74, 6) is 0.529. The zero-order valence-corrected chi connectivity index (χ0v) is 9.63. The predicted molar refractivity (Wildman–Crippen MR) is 59.7 cm³/mol. The van der Waals surface area contributed by atoms with Gasteiger partial charge in [-0.2, -0.15) is 4.52 Å². The Morgan fingerprint density at radius 1 is 1.41 bits per heavy atom. The lowest BCUT2D eigenvalue weighted by molar-refractivity contribution is 0.595. The van der Waals surface area contributed by atoms with Crippen LogP contribution in [0.2, 0.25) is 0 Å². The smallest absolute Gasteiger partial charge is 0.209 e. The summed E-state index contributed by atoms with van der Waals surface area (Å²) in [5, 5.41) is 18.9. The van der Waals surface area contributed by atoms with Crippen LogP contribution < -0.4 is 10.5 Å². The molecule has 0 atom stereocenters. The molecule has 0 saturated carbocycles. The second-order valence-corrected chi connectivity index (χ2v) is 5.12. The van der Waals surface area contributed by atoms with E-state index in [1.54, 1.807) is 6.20 Å². The molecule has 0 spiro atoms. The molecule has 17 heavy (non-hydrogen) atoms. The summed E-state index contributed by atoms with van der Waals surface area (Å²) in [4.78, 5) is 3.94. The molecule has 2 aromatic rings. The minimum atomic E-state index is -3.41. The number of hydrogen-bond donors (Lipinski definition) is 2. The van der Waals surface area contributed by atoms with Crippen LogP contribution in [-0.2, 0) is 10.0 Å². The lowest BCUT2D eigenvalue weighted by Gasteiger charge is -2.05. The van der Waals surface area contributed by atoms with Crippen LogP contribution in [-0.4, -0.2) is 45.7 Å². The van der Waals surface area contributed by atoms with Crippen molar-refractivity contribution in [2.75, 3.05) is 17.6 Å². The Balaban J connectivity index is 1.97. The van der Waals surface area contributed by atoms with E-state index in [2.05, 4.69) is 25.8 Å². The zero-order chi connectivity index (χ0) is 12.3. The predicted octanol–water partition coefficient (Wildman–Crippen LogP) is -1.39. The van der Waals surface area contributed by atoms with Gasteiger partial charge in [-0.25, -0.2) is 13.6 Å². The van der Waals surface area contributed by atoms with Crippen LogP contribution >= 0.6 is 0 Å². The Morgan fingerprint density at radius 3 is 3.00 bits per heavy atom. The monoisotopic (exact) mass is 257 g/mol. The van der Waals surface area contributed by atoms with Crippen molar-refractivity contribution in [3.8, 4) is 0 Å². The topological polar surface area (TPSA) is 128 Å². The van der Waals surface area contributed by atoms with E-state index in [-0.39, 0.29) is 5.75 Å². The number of anilines is 1. The van der Waals surface area contributed by atoms with Crippen LogP contribution in [0.25, 0.3) is 5.65 Å². The molecule has 0 unspecified atom stereocenters. The number of tetrazole rings is 1. The lowest BCUT2D eigenvalue weighted by atomic mass is 10.5. The van der Waals surface area contributed by atoms with E-state index in [0.717, 1.165) is 0 Å². The molecule has 10 heteroatoms. The largest absolute Gasteiger partial charge is 0.369 e. The average Bonchev–Trinajstić information content (AvgIpc) is 2.71. The van der Waals surface area contributed by atoms with Gasteiger partial charge in [0, 0.05) is 6.54 Å². The molecule has 0 aliphatic heterocycles. The van der Waals surface area contributed by atoms with Crippen LogP contribution in [0.3, 0.4) is 0 Å². The normalized spacial score (nSPS) is 11.8. The molecule has 3 N–H and O–H groups in total. The Hall–Kier alpha value is -1.81. The number of nitrogens with two attached hydrogens (primary N) is 1. The van der Waals surface area contributed by atoms with Crippen LogP contribution in [0.5, 0.6) is 0 Å². The number of sulfonamides is 1. The molecule has 92 valence electrons. The molecule has 2 heterocycles. The molecule has 2 rings (SSSR count). The summed E-state index contributed by atoms with van der Waals surface area (Å²) >= 11 is 0. The molecule has 0 aromatic carbocycles. The highest BCUT2D eigenvalue weighted by Gasteiger charge is 2.04. The van der Waals surface area contributed by atoms with Crippen LogP contribution in [0, 0.1) is 0 Å². The molecule has 0 bridgehead atoms. The Kier molecular flexibility index (Phi) is 3.15. The fraction of sp³-hybridized carbons (Fsp3) is 0.429. The highest BCUT2D eigenvalue weighted by molar-refractivity contribution is 7.89. The van der Waals surface area contributed by atoms with Crippen molar-refractivity contribution < 1.29 is 8.42 Å². The van der Waals surface area contributed by atoms with E-state index in [1.807, 2.05) is 0 Å². The van der Waals surface area contributed by atoms with Crippen LogP contribution in [0.15, 0.2) is 12.4 Å². The van der Waals surface area contributed by atoms with Gasteiger partial charge in [0.05, 0.1) is 18.1 Å². The van der Waals surface area contributed by atoms with Crippen molar-refractivity contribution in [1.29, 1.82) is 0 Å². The summed E-state index contributed by atoms with van der Waals surface area (Å²) < 4.78 is 22.9. The molecular formula is C7H11N7O2S. The SMILES string of the molecule is NS(=O)(=O)CCCNc1cncc2nnnn12. The number of fused-ring (bicyclic) bond motifs is 1. The summed E-state index contributed by atoms with van der Waals surface area (Å²) in [7, 11) is -3.41.